The summed E-state index contributed by atoms with van der Waals surface area (Å²) >= 11 is 3.25. The van der Waals surface area contributed by atoms with Gasteiger partial charge in [0.05, 0.1) is 18.1 Å². The summed E-state index contributed by atoms with van der Waals surface area (Å²) in [5.41, 5.74) is 1.02. The Bertz CT molecular complexity index is 1030. The summed E-state index contributed by atoms with van der Waals surface area (Å²) in [5, 5.41) is 2.39. The maximum Gasteiger partial charge on any atom is 0.413 e. The van der Waals surface area contributed by atoms with Gasteiger partial charge in [-0.2, -0.15) is 8.42 Å². The number of aromatic amines is 1. The van der Waals surface area contributed by atoms with Gasteiger partial charge in [-0.1, -0.05) is 15.9 Å². The molecule has 0 saturated carbocycles. The lowest BCUT2D eigenvalue weighted by Crippen LogP contribution is -2.11. The highest BCUT2D eigenvalue weighted by Gasteiger charge is 2.17. The average molecular weight is 426 g/mol. The van der Waals surface area contributed by atoms with Crippen molar-refractivity contribution in [1.82, 2.24) is 9.97 Å². The molecule has 0 saturated heterocycles. The van der Waals surface area contributed by atoms with Crippen molar-refractivity contribution >= 4 is 49.1 Å². The van der Waals surface area contributed by atoms with Crippen LogP contribution in [0.1, 0.15) is 0 Å². The molecule has 0 aliphatic heterocycles. The molecular weight excluding hydrogens is 414 g/mol. The van der Waals surface area contributed by atoms with Crippen molar-refractivity contribution in [2.75, 3.05) is 12.4 Å². The first-order valence-electron chi connectivity index (χ1n) is 6.92. The molecule has 0 radical (unpaired) electrons. The van der Waals surface area contributed by atoms with Crippen LogP contribution in [0.25, 0.3) is 11.0 Å². The van der Waals surface area contributed by atoms with Crippen LogP contribution in [-0.4, -0.2) is 31.6 Å². The van der Waals surface area contributed by atoms with E-state index in [2.05, 4.69) is 36.0 Å². The normalized spacial score (nSPS) is 11.3. The SMILES string of the molecule is COC(=O)Nc1nc2ccc(OS(=O)(=O)c3ccc(Br)cc3)cc2[nH]1. The van der Waals surface area contributed by atoms with Crippen LogP contribution in [0.2, 0.25) is 0 Å². The van der Waals surface area contributed by atoms with E-state index in [1.54, 1.807) is 18.2 Å². The van der Waals surface area contributed by atoms with Gasteiger partial charge in [-0.15, -0.1) is 0 Å². The second-order valence-electron chi connectivity index (χ2n) is 4.87. The fourth-order valence-corrected chi connectivity index (χ4v) is 3.21. The third kappa shape index (κ3) is 3.91. The first-order valence-corrected chi connectivity index (χ1v) is 9.12. The third-order valence-corrected chi connectivity index (χ3v) is 4.96. The number of rotatable bonds is 4. The molecular formula is C15H12BrN3O5S. The lowest BCUT2D eigenvalue weighted by atomic mass is 10.3. The summed E-state index contributed by atoms with van der Waals surface area (Å²) in [4.78, 5) is 18.2. The summed E-state index contributed by atoms with van der Waals surface area (Å²) in [5.74, 6) is 0.290. The molecule has 0 spiro atoms. The van der Waals surface area contributed by atoms with Gasteiger partial charge in [-0.05, 0) is 36.4 Å². The van der Waals surface area contributed by atoms with Crippen molar-refractivity contribution in [1.29, 1.82) is 0 Å². The monoisotopic (exact) mass is 425 g/mol. The van der Waals surface area contributed by atoms with Crippen molar-refractivity contribution in [3.8, 4) is 5.75 Å². The summed E-state index contributed by atoms with van der Waals surface area (Å²) in [6.07, 6.45) is -0.673. The Morgan fingerprint density at radius 1 is 1.20 bits per heavy atom. The molecule has 3 rings (SSSR count). The number of aromatic nitrogens is 2. The fourth-order valence-electron chi connectivity index (χ4n) is 2.02. The number of amides is 1. The Labute approximate surface area is 151 Å². The molecule has 8 nitrogen and oxygen atoms in total. The number of hydrogen-bond donors (Lipinski definition) is 2. The first kappa shape index (κ1) is 17.2. The van der Waals surface area contributed by atoms with E-state index in [0.29, 0.717) is 11.0 Å². The lowest BCUT2D eigenvalue weighted by Gasteiger charge is -2.07. The summed E-state index contributed by atoms with van der Waals surface area (Å²) in [7, 11) is -2.73. The Morgan fingerprint density at radius 3 is 2.60 bits per heavy atom. The second-order valence-corrected chi connectivity index (χ2v) is 7.33. The van der Waals surface area contributed by atoms with Gasteiger partial charge >= 0.3 is 16.2 Å². The standard InChI is InChI=1S/C15H12BrN3O5S/c1-23-15(20)19-14-17-12-7-4-10(8-13(12)18-14)24-25(21,22)11-5-2-9(16)3-6-11/h2-8H,1H3,(H2,17,18,19,20). The number of carbonyl (C=O) groups excluding carboxylic acids is 1. The number of imidazole rings is 1. The summed E-state index contributed by atoms with van der Waals surface area (Å²) in [6.45, 7) is 0. The van der Waals surface area contributed by atoms with Crippen LogP contribution in [0, 0.1) is 0 Å². The number of H-pyrrole nitrogens is 1. The van der Waals surface area contributed by atoms with E-state index < -0.39 is 16.2 Å². The third-order valence-electron chi connectivity index (χ3n) is 3.17. The maximum absolute atomic E-state index is 12.3. The summed E-state index contributed by atoms with van der Waals surface area (Å²) < 4.78 is 35.0. The van der Waals surface area contributed by atoms with E-state index in [0.717, 1.165) is 4.47 Å². The van der Waals surface area contributed by atoms with Crippen molar-refractivity contribution in [3.05, 3.63) is 46.9 Å². The van der Waals surface area contributed by atoms with Gasteiger partial charge in [0.2, 0.25) is 5.95 Å². The zero-order chi connectivity index (χ0) is 18.0. The van der Waals surface area contributed by atoms with Crippen LogP contribution in [0.4, 0.5) is 10.7 Å². The van der Waals surface area contributed by atoms with Crippen molar-refractivity contribution in [3.63, 3.8) is 0 Å². The van der Waals surface area contributed by atoms with Crippen LogP contribution in [-0.2, 0) is 14.9 Å². The molecule has 0 unspecified atom stereocenters. The molecule has 0 aliphatic rings. The molecule has 1 heterocycles. The predicted molar refractivity (Wildman–Crippen MR) is 94.1 cm³/mol. The molecule has 0 bridgehead atoms. The van der Waals surface area contributed by atoms with Crippen LogP contribution in [0.5, 0.6) is 5.75 Å². The average Bonchev–Trinajstić information content (AvgIpc) is 2.96. The highest BCUT2D eigenvalue weighted by atomic mass is 79.9. The zero-order valence-electron chi connectivity index (χ0n) is 12.8. The highest BCUT2D eigenvalue weighted by molar-refractivity contribution is 9.10. The van der Waals surface area contributed by atoms with E-state index in [1.807, 2.05) is 0 Å². The minimum absolute atomic E-state index is 0.0356. The number of carbonyl (C=O) groups is 1. The van der Waals surface area contributed by atoms with Gasteiger partial charge in [0.15, 0.2) is 0 Å². The van der Waals surface area contributed by atoms with Gasteiger partial charge in [0, 0.05) is 10.5 Å². The smallest absolute Gasteiger partial charge is 0.413 e. The number of hydrogen-bond acceptors (Lipinski definition) is 6. The van der Waals surface area contributed by atoms with Crippen LogP contribution < -0.4 is 9.50 Å². The number of ether oxygens (including phenoxy) is 1. The number of methoxy groups -OCH3 is 1. The zero-order valence-corrected chi connectivity index (χ0v) is 15.2. The Hall–Kier alpha value is -2.59. The van der Waals surface area contributed by atoms with E-state index >= 15 is 0 Å². The van der Waals surface area contributed by atoms with Crippen molar-refractivity contribution in [2.24, 2.45) is 0 Å². The quantitative estimate of drug-likeness (QED) is 0.620. The van der Waals surface area contributed by atoms with Crippen LogP contribution in [0.3, 0.4) is 0 Å². The second kappa shape index (κ2) is 6.73. The number of nitrogens with zero attached hydrogens (tertiary/aromatic N) is 1. The number of fused-ring (bicyclic) bond motifs is 1. The molecule has 3 aromatic rings. The van der Waals surface area contributed by atoms with Crippen LogP contribution in [0.15, 0.2) is 51.8 Å². The topological polar surface area (TPSA) is 110 Å². The van der Waals surface area contributed by atoms with Gasteiger partial charge < -0.3 is 13.9 Å². The molecule has 1 aromatic heterocycles. The molecule has 2 N–H and O–H groups in total. The van der Waals surface area contributed by atoms with Gasteiger partial charge in [-0.3, -0.25) is 5.32 Å². The Balaban J connectivity index is 1.86. The molecule has 130 valence electrons. The Kier molecular flexibility index (Phi) is 4.64. The van der Waals surface area contributed by atoms with E-state index in [-0.39, 0.29) is 16.6 Å². The fraction of sp³-hybridized carbons (Fsp3) is 0.0667. The minimum atomic E-state index is -3.96. The number of benzene rings is 2. The van der Waals surface area contributed by atoms with Crippen molar-refractivity contribution < 1.29 is 22.1 Å². The number of anilines is 1. The minimum Gasteiger partial charge on any atom is -0.453 e. The highest BCUT2D eigenvalue weighted by Crippen LogP contribution is 2.24. The molecule has 10 heteroatoms. The lowest BCUT2D eigenvalue weighted by molar-refractivity contribution is 0.186. The van der Waals surface area contributed by atoms with E-state index in [1.165, 1.54) is 31.4 Å². The van der Waals surface area contributed by atoms with Crippen LogP contribution >= 0.6 is 15.9 Å². The molecule has 1 amide bonds. The predicted octanol–water partition coefficient (Wildman–Crippen LogP) is 3.27. The van der Waals surface area contributed by atoms with Crippen molar-refractivity contribution in [2.45, 2.75) is 4.90 Å². The van der Waals surface area contributed by atoms with Gasteiger partial charge in [0.1, 0.15) is 10.6 Å². The Morgan fingerprint density at radius 2 is 1.92 bits per heavy atom. The largest absolute Gasteiger partial charge is 0.453 e. The molecule has 25 heavy (non-hydrogen) atoms. The van der Waals surface area contributed by atoms with E-state index in [9.17, 15) is 13.2 Å². The molecule has 2 aromatic carbocycles. The maximum atomic E-state index is 12.3. The van der Waals surface area contributed by atoms with Gasteiger partial charge in [-0.25, -0.2) is 9.78 Å². The first-order chi connectivity index (χ1) is 11.9. The number of halogens is 1. The molecule has 0 atom stereocenters. The molecule has 0 fully saturated rings. The molecule has 0 aliphatic carbocycles. The van der Waals surface area contributed by atoms with E-state index in [4.69, 9.17) is 4.18 Å². The van der Waals surface area contributed by atoms with Gasteiger partial charge in [0.25, 0.3) is 0 Å². The number of nitrogens with one attached hydrogen (secondary N) is 2. The summed E-state index contributed by atoms with van der Waals surface area (Å²) in [6, 6.07) is 10.6.